The quantitative estimate of drug-likeness (QED) is 0.907. The highest BCUT2D eigenvalue weighted by molar-refractivity contribution is 9.10. The molecule has 0 spiro atoms. The van der Waals surface area contributed by atoms with Crippen molar-refractivity contribution < 1.29 is 4.79 Å². The monoisotopic (exact) mass is 326 g/mol. The number of hydrogen-bond donors (Lipinski definition) is 1. The van der Waals surface area contributed by atoms with Gasteiger partial charge in [0, 0.05) is 42.9 Å². The Labute approximate surface area is 122 Å². The van der Waals surface area contributed by atoms with Crippen LogP contribution >= 0.6 is 15.9 Å². The molecule has 0 saturated carbocycles. The fourth-order valence-electron chi connectivity index (χ4n) is 2.08. The van der Waals surface area contributed by atoms with Crippen LogP contribution in [0.5, 0.6) is 0 Å². The Bertz CT molecular complexity index is 427. The van der Waals surface area contributed by atoms with Gasteiger partial charge in [0.25, 0.3) is 0 Å². The molecular weight excluding hydrogens is 308 g/mol. The summed E-state index contributed by atoms with van der Waals surface area (Å²) in [5.74, 6) is 0.583. The van der Waals surface area contributed by atoms with Gasteiger partial charge < -0.3 is 4.90 Å². The van der Waals surface area contributed by atoms with Gasteiger partial charge in [-0.1, -0.05) is 0 Å². The van der Waals surface area contributed by atoms with Crippen LogP contribution in [-0.2, 0) is 0 Å². The highest BCUT2D eigenvalue weighted by Gasteiger charge is 2.22. The third-order valence-corrected chi connectivity index (χ3v) is 3.76. The van der Waals surface area contributed by atoms with E-state index in [2.05, 4.69) is 45.0 Å². The molecule has 1 aromatic rings. The van der Waals surface area contributed by atoms with E-state index in [0.717, 1.165) is 30.7 Å². The fraction of sp³-hybridized carbons (Fsp3) is 0.538. The van der Waals surface area contributed by atoms with Gasteiger partial charge in [0.05, 0.1) is 0 Å². The Kier molecular flexibility index (Phi) is 4.76. The van der Waals surface area contributed by atoms with Crippen molar-refractivity contribution in [3.63, 3.8) is 0 Å². The van der Waals surface area contributed by atoms with Gasteiger partial charge in [0.2, 0.25) is 0 Å². The molecule has 19 heavy (non-hydrogen) atoms. The number of carbonyl (C=O) groups is 1. The lowest BCUT2D eigenvalue weighted by Gasteiger charge is -2.36. The molecule has 2 heterocycles. The van der Waals surface area contributed by atoms with Crippen LogP contribution in [0, 0.1) is 0 Å². The average molecular weight is 327 g/mol. The van der Waals surface area contributed by atoms with Crippen molar-refractivity contribution in [3.8, 4) is 0 Å². The minimum atomic E-state index is -0.0711. The number of carbonyl (C=O) groups excluding carboxylic acids is 1. The topological polar surface area (TPSA) is 48.5 Å². The number of rotatable bonds is 2. The maximum atomic E-state index is 12.1. The van der Waals surface area contributed by atoms with Gasteiger partial charge in [0.1, 0.15) is 5.82 Å². The molecule has 1 N–H and O–H groups in total. The fourth-order valence-corrected chi connectivity index (χ4v) is 2.31. The van der Waals surface area contributed by atoms with E-state index in [1.165, 1.54) is 0 Å². The SMILES string of the molecule is CC(C)N1CCN(C(=O)Nc2ccc(Br)cn2)CC1. The summed E-state index contributed by atoms with van der Waals surface area (Å²) in [5.41, 5.74) is 0. The van der Waals surface area contributed by atoms with E-state index in [9.17, 15) is 4.79 Å². The number of amides is 2. The van der Waals surface area contributed by atoms with Crippen molar-refractivity contribution in [1.82, 2.24) is 14.8 Å². The van der Waals surface area contributed by atoms with Crippen LogP contribution in [0.4, 0.5) is 10.6 Å². The first kappa shape index (κ1) is 14.3. The van der Waals surface area contributed by atoms with E-state index < -0.39 is 0 Å². The van der Waals surface area contributed by atoms with Crippen LogP contribution < -0.4 is 5.32 Å². The minimum absolute atomic E-state index is 0.0711. The number of aromatic nitrogens is 1. The third kappa shape index (κ3) is 3.91. The normalized spacial score (nSPS) is 16.7. The Morgan fingerprint density at radius 3 is 2.53 bits per heavy atom. The van der Waals surface area contributed by atoms with E-state index >= 15 is 0 Å². The zero-order valence-electron chi connectivity index (χ0n) is 11.3. The van der Waals surface area contributed by atoms with E-state index in [1.807, 2.05) is 11.0 Å². The number of hydrogen-bond acceptors (Lipinski definition) is 3. The first-order valence-electron chi connectivity index (χ1n) is 6.48. The van der Waals surface area contributed by atoms with Crippen molar-refractivity contribution in [2.75, 3.05) is 31.5 Å². The molecule has 1 fully saturated rings. The molecule has 0 aliphatic carbocycles. The number of anilines is 1. The van der Waals surface area contributed by atoms with E-state index in [1.54, 1.807) is 12.3 Å². The molecule has 1 aromatic heterocycles. The summed E-state index contributed by atoms with van der Waals surface area (Å²) < 4.78 is 0.899. The summed E-state index contributed by atoms with van der Waals surface area (Å²) >= 11 is 3.32. The maximum absolute atomic E-state index is 12.1. The molecule has 6 heteroatoms. The summed E-state index contributed by atoms with van der Waals surface area (Å²) in [6.07, 6.45) is 1.67. The summed E-state index contributed by atoms with van der Waals surface area (Å²) in [7, 11) is 0. The highest BCUT2D eigenvalue weighted by Crippen LogP contribution is 2.12. The molecule has 104 valence electrons. The minimum Gasteiger partial charge on any atom is -0.322 e. The van der Waals surface area contributed by atoms with Crippen molar-refractivity contribution >= 4 is 27.8 Å². The average Bonchev–Trinajstić information content (AvgIpc) is 2.41. The van der Waals surface area contributed by atoms with E-state index in [0.29, 0.717) is 11.9 Å². The smallest absolute Gasteiger partial charge is 0.322 e. The first-order chi connectivity index (χ1) is 9.06. The summed E-state index contributed by atoms with van der Waals surface area (Å²) in [4.78, 5) is 20.4. The van der Waals surface area contributed by atoms with Crippen molar-refractivity contribution in [1.29, 1.82) is 0 Å². The Hall–Kier alpha value is -1.14. The molecule has 2 rings (SSSR count). The second-order valence-corrected chi connectivity index (χ2v) is 5.82. The van der Waals surface area contributed by atoms with Gasteiger partial charge in [-0.3, -0.25) is 10.2 Å². The zero-order chi connectivity index (χ0) is 13.8. The molecule has 1 aliphatic rings. The van der Waals surface area contributed by atoms with Gasteiger partial charge in [-0.05, 0) is 41.9 Å². The summed E-state index contributed by atoms with van der Waals surface area (Å²) in [6.45, 7) is 7.75. The molecule has 5 nitrogen and oxygen atoms in total. The maximum Gasteiger partial charge on any atom is 0.323 e. The van der Waals surface area contributed by atoms with Gasteiger partial charge in [-0.25, -0.2) is 9.78 Å². The van der Waals surface area contributed by atoms with Gasteiger partial charge in [-0.15, -0.1) is 0 Å². The predicted octanol–water partition coefficient (Wildman–Crippen LogP) is 2.40. The molecular formula is C13H19BrN4O. The van der Waals surface area contributed by atoms with Crippen LogP contribution in [0.25, 0.3) is 0 Å². The van der Waals surface area contributed by atoms with Gasteiger partial charge in [-0.2, -0.15) is 0 Å². The summed E-state index contributed by atoms with van der Waals surface area (Å²) in [5, 5.41) is 2.82. The number of nitrogens with zero attached hydrogens (tertiary/aromatic N) is 3. The molecule has 0 atom stereocenters. The molecule has 0 bridgehead atoms. The molecule has 0 aromatic carbocycles. The number of urea groups is 1. The second kappa shape index (κ2) is 6.34. The lowest BCUT2D eigenvalue weighted by Crippen LogP contribution is -2.51. The van der Waals surface area contributed by atoms with Gasteiger partial charge >= 0.3 is 6.03 Å². The van der Waals surface area contributed by atoms with Crippen molar-refractivity contribution in [2.45, 2.75) is 19.9 Å². The lowest BCUT2D eigenvalue weighted by molar-refractivity contribution is 0.125. The number of pyridine rings is 1. The predicted molar refractivity (Wildman–Crippen MR) is 79.2 cm³/mol. The van der Waals surface area contributed by atoms with Crippen LogP contribution in [0.1, 0.15) is 13.8 Å². The van der Waals surface area contributed by atoms with E-state index in [-0.39, 0.29) is 6.03 Å². The largest absolute Gasteiger partial charge is 0.323 e. The Morgan fingerprint density at radius 1 is 1.32 bits per heavy atom. The second-order valence-electron chi connectivity index (χ2n) is 4.91. The Balaban J connectivity index is 1.86. The zero-order valence-corrected chi connectivity index (χ0v) is 12.9. The van der Waals surface area contributed by atoms with Crippen molar-refractivity contribution in [3.05, 3.63) is 22.8 Å². The molecule has 1 aliphatic heterocycles. The number of piperazine rings is 1. The Morgan fingerprint density at radius 2 is 2.00 bits per heavy atom. The number of halogens is 1. The van der Waals surface area contributed by atoms with Gasteiger partial charge in [0.15, 0.2) is 0 Å². The first-order valence-corrected chi connectivity index (χ1v) is 7.27. The van der Waals surface area contributed by atoms with Crippen LogP contribution in [0.15, 0.2) is 22.8 Å². The third-order valence-electron chi connectivity index (χ3n) is 3.29. The van der Waals surface area contributed by atoms with Crippen molar-refractivity contribution in [2.24, 2.45) is 0 Å². The number of nitrogens with one attached hydrogen (secondary N) is 1. The van der Waals surface area contributed by atoms with Crippen LogP contribution in [0.3, 0.4) is 0 Å². The molecule has 0 unspecified atom stereocenters. The highest BCUT2D eigenvalue weighted by atomic mass is 79.9. The summed E-state index contributed by atoms with van der Waals surface area (Å²) in [6, 6.07) is 4.11. The molecule has 2 amide bonds. The lowest BCUT2D eigenvalue weighted by atomic mass is 10.2. The van der Waals surface area contributed by atoms with E-state index in [4.69, 9.17) is 0 Å². The standard InChI is InChI=1S/C13H19BrN4O/c1-10(2)17-5-7-18(8-6-17)13(19)16-12-4-3-11(14)9-15-12/h3-4,9-10H,5-8H2,1-2H3,(H,15,16,19). The molecule has 1 saturated heterocycles. The van der Waals surface area contributed by atoms with Crippen LogP contribution in [0.2, 0.25) is 0 Å². The van der Waals surface area contributed by atoms with Crippen LogP contribution in [-0.4, -0.2) is 53.0 Å². The molecule has 0 radical (unpaired) electrons.